The second kappa shape index (κ2) is 9.76. The van der Waals surface area contributed by atoms with Crippen LogP contribution in [0.15, 0.2) is 82.6 Å². The lowest BCUT2D eigenvalue weighted by atomic mass is 9.98. The third kappa shape index (κ3) is 5.26. The summed E-state index contributed by atoms with van der Waals surface area (Å²) >= 11 is 1.43. The molecule has 0 spiro atoms. The van der Waals surface area contributed by atoms with E-state index in [1.165, 1.54) is 34.0 Å². The monoisotopic (exact) mass is 454 g/mol. The lowest BCUT2D eigenvalue weighted by Gasteiger charge is -2.15. The predicted molar refractivity (Wildman–Crippen MR) is 138 cm³/mol. The van der Waals surface area contributed by atoms with E-state index in [-0.39, 0.29) is 11.5 Å². The number of rotatable bonds is 6. The standard InChI is InChI=1S/C30H30O2S/c1-19-13-25(17-23-11-7-5-9-21(23)3)29(31)27(15-19)33-28-16-20(2)14-26(30(28)32)18-24-12-8-6-10-22(24)4/h5-16,31-32H,17-18H2,1-4H3. The van der Waals surface area contributed by atoms with Gasteiger partial charge in [-0.15, -0.1) is 0 Å². The molecule has 33 heavy (non-hydrogen) atoms. The van der Waals surface area contributed by atoms with Gasteiger partial charge >= 0.3 is 0 Å². The Morgan fingerprint density at radius 3 is 1.33 bits per heavy atom. The van der Waals surface area contributed by atoms with Gasteiger partial charge in [-0.2, -0.15) is 0 Å². The highest BCUT2D eigenvalue weighted by Crippen LogP contribution is 2.43. The van der Waals surface area contributed by atoms with Crippen molar-refractivity contribution in [1.29, 1.82) is 0 Å². The van der Waals surface area contributed by atoms with Crippen LogP contribution in [-0.2, 0) is 12.8 Å². The zero-order valence-corrected chi connectivity index (χ0v) is 20.5. The molecular formula is C30H30O2S. The van der Waals surface area contributed by atoms with Crippen LogP contribution in [0.5, 0.6) is 11.5 Å². The lowest BCUT2D eigenvalue weighted by Crippen LogP contribution is -1.96. The van der Waals surface area contributed by atoms with E-state index >= 15 is 0 Å². The molecule has 0 radical (unpaired) electrons. The van der Waals surface area contributed by atoms with Crippen molar-refractivity contribution in [1.82, 2.24) is 0 Å². The average Bonchev–Trinajstić information content (AvgIpc) is 2.77. The molecule has 0 amide bonds. The Labute approximate surface area is 201 Å². The highest BCUT2D eigenvalue weighted by atomic mass is 32.2. The molecule has 0 aliphatic carbocycles. The van der Waals surface area contributed by atoms with Gasteiger partial charge in [0.05, 0.1) is 9.79 Å². The molecule has 0 fully saturated rings. The maximum atomic E-state index is 11.1. The van der Waals surface area contributed by atoms with Crippen LogP contribution in [0.2, 0.25) is 0 Å². The summed E-state index contributed by atoms with van der Waals surface area (Å²) < 4.78 is 0. The topological polar surface area (TPSA) is 40.5 Å². The molecule has 0 aliphatic rings. The molecule has 0 bridgehead atoms. The molecule has 0 aromatic heterocycles. The van der Waals surface area contributed by atoms with Gasteiger partial charge in [0.2, 0.25) is 0 Å². The van der Waals surface area contributed by atoms with Crippen LogP contribution in [0.3, 0.4) is 0 Å². The molecule has 2 N–H and O–H groups in total. The van der Waals surface area contributed by atoms with Gasteiger partial charge in [-0.25, -0.2) is 0 Å². The maximum absolute atomic E-state index is 11.1. The summed E-state index contributed by atoms with van der Waals surface area (Å²) in [7, 11) is 0. The average molecular weight is 455 g/mol. The smallest absolute Gasteiger partial charge is 0.133 e. The van der Waals surface area contributed by atoms with Crippen molar-refractivity contribution >= 4 is 11.8 Å². The van der Waals surface area contributed by atoms with E-state index in [2.05, 4.69) is 38.1 Å². The first-order valence-electron chi connectivity index (χ1n) is 11.2. The Balaban J connectivity index is 1.68. The zero-order valence-electron chi connectivity index (χ0n) is 19.6. The molecular weight excluding hydrogens is 424 g/mol. The molecule has 2 nitrogen and oxygen atoms in total. The molecule has 0 unspecified atom stereocenters. The van der Waals surface area contributed by atoms with E-state index in [9.17, 15) is 10.2 Å². The van der Waals surface area contributed by atoms with E-state index in [0.29, 0.717) is 12.8 Å². The van der Waals surface area contributed by atoms with Crippen LogP contribution < -0.4 is 0 Å². The van der Waals surface area contributed by atoms with Crippen LogP contribution in [0.25, 0.3) is 0 Å². The molecule has 0 atom stereocenters. The Morgan fingerprint density at radius 2 is 0.939 bits per heavy atom. The number of hydrogen-bond donors (Lipinski definition) is 2. The Kier molecular flexibility index (Phi) is 6.80. The van der Waals surface area contributed by atoms with E-state index in [4.69, 9.17) is 0 Å². The van der Waals surface area contributed by atoms with Gasteiger partial charge in [0.25, 0.3) is 0 Å². The van der Waals surface area contributed by atoms with Crippen LogP contribution in [0.1, 0.15) is 44.5 Å². The minimum atomic E-state index is 0.287. The number of hydrogen-bond acceptors (Lipinski definition) is 3. The number of phenols is 2. The van der Waals surface area contributed by atoms with Crippen molar-refractivity contribution in [2.75, 3.05) is 0 Å². The molecule has 168 valence electrons. The van der Waals surface area contributed by atoms with Gasteiger partial charge < -0.3 is 10.2 Å². The first-order valence-corrected chi connectivity index (χ1v) is 12.1. The minimum Gasteiger partial charge on any atom is -0.506 e. The summed E-state index contributed by atoms with van der Waals surface area (Å²) in [5.41, 5.74) is 8.81. The molecule has 4 aromatic rings. The second-order valence-electron chi connectivity index (χ2n) is 8.85. The number of aromatic hydroxyl groups is 2. The van der Waals surface area contributed by atoms with Crippen LogP contribution >= 0.6 is 11.8 Å². The van der Waals surface area contributed by atoms with Crippen molar-refractivity contribution in [3.05, 3.63) is 117 Å². The largest absolute Gasteiger partial charge is 0.506 e. The van der Waals surface area contributed by atoms with Crippen molar-refractivity contribution in [3.63, 3.8) is 0 Å². The third-order valence-electron chi connectivity index (χ3n) is 6.10. The van der Waals surface area contributed by atoms with Crippen molar-refractivity contribution in [3.8, 4) is 11.5 Å². The van der Waals surface area contributed by atoms with Crippen molar-refractivity contribution in [2.45, 2.75) is 50.3 Å². The van der Waals surface area contributed by atoms with Gasteiger partial charge in [-0.3, -0.25) is 0 Å². The van der Waals surface area contributed by atoms with Crippen molar-refractivity contribution in [2.24, 2.45) is 0 Å². The molecule has 0 aliphatic heterocycles. The first-order chi connectivity index (χ1) is 15.8. The summed E-state index contributed by atoms with van der Waals surface area (Å²) in [5, 5.41) is 22.3. The maximum Gasteiger partial charge on any atom is 0.133 e. The summed E-state index contributed by atoms with van der Waals surface area (Å²) in [4.78, 5) is 1.53. The molecule has 0 saturated heterocycles. The molecule has 0 heterocycles. The highest BCUT2D eigenvalue weighted by molar-refractivity contribution is 7.99. The molecule has 3 heteroatoms. The third-order valence-corrected chi connectivity index (χ3v) is 7.16. The van der Waals surface area contributed by atoms with Gasteiger partial charge in [0.15, 0.2) is 0 Å². The van der Waals surface area contributed by atoms with Gasteiger partial charge in [-0.1, -0.05) is 72.4 Å². The fraction of sp³-hybridized carbons (Fsp3) is 0.200. The lowest BCUT2D eigenvalue weighted by molar-refractivity contribution is 0.453. The first kappa shape index (κ1) is 23.0. The predicted octanol–water partition coefficient (Wildman–Crippen LogP) is 7.66. The summed E-state index contributed by atoms with van der Waals surface area (Å²) in [5.74, 6) is 0.574. The highest BCUT2D eigenvalue weighted by Gasteiger charge is 2.16. The van der Waals surface area contributed by atoms with Crippen LogP contribution in [0, 0.1) is 27.7 Å². The van der Waals surface area contributed by atoms with Crippen LogP contribution in [0.4, 0.5) is 0 Å². The fourth-order valence-electron chi connectivity index (χ4n) is 4.21. The summed E-state index contributed by atoms with van der Waals surface area (Å²) in [6, 6.07) is 24.6. The van der Waals surface area contributed by atoms with E-state index in [1.807, 2.05) is 62.4 Å². The molecule has 4 aromatic carbocycles. The van der Waals surface area contributed by atoms with Gasteiger partial charge in [0.1, 0.15) is 11.5 Å². The molecule has 4 rings (SSSR count). The Morgan fingerprint density at radius 1 is 0.545 bits per heavy atom. The van der Waals surface area contributed by atoms with Gasteiger partial charge in [-0.05, 0) is 84.3 Å². The second-order valence-corrected chi connectivity index (χ2v) is 9.93. The fourth-order valence-corrected chi connectivity index (χ4v) is 5.39. The van der Waals surface area contributed by atoms with Gasteiger partial charge in [0, 0.05) is 12.8 Å². The number of benzene rings is 4. The normalized spacial score (nSPS) is 11.0. The van der Waals surface area contributed by atoms with Crippen molar-refractivity contribution < 1.29 is 10.2 Å². The van der Waals surface area contributed by atoms with E-state index < -0.39 is 0 Å². The number of phenolic OH excluding ortho intramolecular Hbond substituents is 2. The zero-order chi connectivity index (χ0) is 23.5. The number of aryl methyl sites for hydroxylation is 4. The van der Waals surface area contributed by atoms with Crippen LogP contribution in [-0.4, -0.2) is 10.2 Å². The summed E-state index contributed by atoms with van der Waals surface area (Å²) in [6.07, 6.45) is 1.35. The van der Waals surface area contributed by atoms with E-state index in [1.54, 1.807) is 0 Å². The molecule has 0 saturated carbocycles. The Bertz CT molecular complexity index is 1210. The Hall–Kier alpha value is -3.17. The quantitative estimate of drug-likeness (QED) is 0.314. The summed E-state index contributed by atoms with van der Waals surface area (Å²) in [6.45, 7) is 8.28. The minimum absolute atomic E-state index is 0.287. The van der Waals surface area contributed by atoms with E-state index in [0.717, 1.165) is 32.0 Å². The SMILES string of the molecule is Cc1cc(Cc2ccccc2C)c(O)c(Sc2cc(C)cc(Cc3ccccc3C)c2O)c1.